The van der Waals surface area contributed by atoms with Crippen LogP contribution < -0.4 is 24.4 Å². The molecule has 0 aromatic heterocycles. The van der Waals surface area contributed by atoms with Gasteiger partial charge in [0.2, 0.25) is 0 Å². The first-order valence-electron chi connectivity index (χ1n) is 10.7. The number of rotatable bonds is 12. The van der Waals surface area contributed by atoms with Crippen LogP contribution in [-0.4, -0.2) is 32.0 Å². The van der Waals surface area contributed by atoms with Crippen LogP contribution in [0.3, 0.4) is 0 Å². The van der Waals surface area contributed by atoms with Crippen molar-refractivity contribution in [1.29, 1.82) is 0 Å². The molecule has 0 aliphatic heterocycles. The summed E-state index contributed by atoms with van der Waals surface area (Å²) in [5.41, 5.74) is 5.74. The Morgan fingerprint density at radius 3 is 2.34 bits per heavy atom. The second-order valence-electron chi connectivity index (χ2n) is 7.26. The lowest BCUT2D eigenvalue weighted by Gasteiger charge is -2.15. The Hall–Kier alpha value is -3.54. The maximum atomic E-state index is 10.8. The fourth-order valence-electron chi connectivity index (χ4n) is 3.18. The molecule has 0 amide bonds. The Kier molecular flexibility index (Phi) is 9.53. The highest BCUT2D eigenvalue weighted by Gasteiger charge is 2.13. The minimum Gasteiger partial charge on any atom is -0.493 e. The highest BCUT2D eigenvalue weighted by atomic mass is 127. The Morgan fingerprint density at radius 2 is 1.69 bits per heavy atom. The van der Waals surface area contributed by atoms with Gasteiger partial charge in [0.05, 0.1) is 42.1 Å². The van der Waals surface area contributed by atoms with Crippen LogP contribution >= 0.6 is 22.6 Å². The maximum Gasteiger partial charge on any atom is 0.269 e. The minimum absolute atomic E-state index is 0.0433. The van der Waals surface area contributed by atoms with E-state index in [1.54, 1.807) is 32.6 Å². The van der Waals surface area contributed by atoms with Crippen LogP contribution in [0, 0.1) is 13.7 Å². The number of nitrogens with one attached hydrogen (secondary N) is 1. The lowest BCUT2D eigenvalue weighted by molar-refractivity contribution is -0.384. The van der Waals surface area contributed by atoms with E-state index in [2.05, 4.69) is 33.1 Å². The van der Waals surface area contributed by atoms with Crippen LogP contribution in [0.15, 0.2) is 59.7 Å². The fourth-order valence-corrected chi connectivity index (χ4v) is 3.96. The molecule has 0 heterocycles. The predicted octanol–water partition coefficient (Wildman–Crippen LogP) is 5.32. The van der Waals surface area contributed by atoms with E-state index in [4.69, 9.17) is 18.9 Å². The number of methoxy groups -OCH3 is 2. The molecule has 0 unspecified atom stereocenters. The molecule has 3 aromatic rings. The van der Waals surface area contributed by atoms with E-state index >= 15 is 0 Å². The van der Waals surface area contributed by atoms with Crippen molar-refractivity contribution in [3.63, 3.8) is 0 Å². The van der Waals surface area contributed by atoms with Gasteiger partial charge in [0.25, 0.3) is 5.69 Å². The lowest BCUT2D eigenvalue weighted by Crippen LogP contribution is -2.06. The SMILES string of the molecule is CCOc1cc(/C=N\NCc2ccc(OC)c(OC)c2)cc(I)c1OCc1ccc([N+](=O)[O-])cc1. The van der Waals surface area contributed by atoms with Gasteiger partial charge in [-0.1, -0.05) is 6.07 Å². The molecule has 3 rings (SSSR count). The second kappa shape index (κ2) is 12.8. The molecule has 0 atom stereocenters. The van der Waals surface area contributed by atoms with Crippen molar-refractivity contribution in [2.45, 2.75) is 20.1 Å². The van der Waals surface area contributed by atoms with Crippen molar-refractivity contribution in [2.24, 2.45) is 5.10 Å². The van der Waals surface area contributed by atoms with E-state index in [1.807, 2.05) is 37.3 Å². The molecule has 0 bridgehead atoms. The van der Waals surface area contributed by atoms with Crippen molar-refractivity contribution in [3.8, 4) is 23.0 Å². The van der Waals surface area contributed by atoms with Gasteiger partial charge >= 0.3 is 0 Å². The summed E-state index contributed by atoms with van der Waals surface area (Å²) in [6.45, 7) is 3.15. The van der Waals surface area contributed by atoms with Crippen LogP contribution in [0.4, 0.5) is 5.69 Å². The number of nitro benzene ring substituents is 1. The van der Waals surface area contributed by atoms with Crippen molar-refractivity contribution in [3.05, 3.63) is 85.0 Å². The van der Waals surface area contributed by atoms with Gasteiger partial charge in [-0.2, -0.15) is 5.10 Å². The maximum absolute atomic E-state index is 10.8. The zero-order valence-electron chi connectivity index (χ0n) is 19.6. The predicted molar refractivity (Wildman–Crippen MR) is 142 cm³/mol. The number of non-ortho nitro benzene ring substituents is 1. The molecule has 3 aromatic carbocycles. The molecule has 0 saturated carbocycles. The summed E-state index contributed by atoms with van der Waals surface area (Å²) in [6.07, 6.45) is 1.71. The largest absolute Gasteiger partial charge is 0.493 e. The standard InChI is InChI=1S/C25H26IN3O6/c1-4-34-24-13-19(15-28-27-14-18-7-10-22(32-2)23(12-18)33-3)11-21(26)25(24)35-16-17-5-8-20(9-6-17)29(30)31/h5-13,15,27H,4,14,16H2,1-3H3/b28-15-. The first-order valence-corrected chi connectivity index (χ1v) is 11.8. The Bertz CT molecular complexity index is 1180. The summed E-state index contributed by atoms with van der Waals surface area (Å²) >= 11 is 2.19. The molecule has 9 nitrogen and oxygen atoms in total. The van der Waals surface area contributed by atoms with E-state index in [0.717, 1.165) is 20.3 Å². The van der Waals surface area contributed by atoms with Gasteiger partial charge in [-0.3, -0.25) is 10.1 Å². The van der Waals surface area contributed by atoms with Crippen LogP contribution in [0.1, 0.15) is 23.6 Å². The summed E-state index contributed by atoms with van der Waals surface area (Å²) in [6, 6.07) is 15.8. The molecule has 0 radical (unpaired) electrons. The average Bonchev–Trinajstić information content (AvgIpc) is 2.86. The number of benzene rings is 3. The normalized spacial score (nSPS) is 10.7. The van der Waals surface area contributed by atoms with Gasteiger partial charge in [-0.15, -0.1) is 0 Å². The fraction of sp³-hybridized carbons (Fsp3) is 0.240. The first-order chi connectivity index (χ1) is 16.9. The van der Waals surface area contributed by atoms with Gasteiger partial charge < -0.3 is 24.4 Å². The Labute approximate surface area is 217 Å². The smallest absolute Gasteiger partial charge is 0.269 e. The van der Waals surface area contributed by atoms with Crippen molar-refractivity contribution >= 4 is 34.5 Å². The number of hydrogen-bond acceptors (Lipinski definition) is 8. The molecule has 184 valence electrons. The third kappa shape index (κ3) is 7.22. The minimum atomic E-state index is -0.427. The van der Waals surface area contributed by atoms with Crippen LogP contribution in [0.25, 0.3) is 0 Å². The number of hydrogen-bond donors (Lipinski definition) is 1. The number of nitro groups is 1. The molecule has 0 aliphatic carbocycles. The van der Waals surface area contributed by atoms with Crippen molar-refractivity contribution < 1.29 is 23.9 Å². The van der Waals surface area contributed by atoms with E-state index in [1.165, 1.54) is 12.1 Å². The molecule has 1 N–H and O–H groups in total. The van der Waals surface area contributed by atoms with Gasteiger partial charge in [0.1, 0.15) is 6.61 Å². The summed E-state index contributed by atoms with van der Waals surface area (Å²) < 4.78 is 23.2. The second-order valence-corrected chi connectivity index (χ2v) is 8.42. The third-order valence-electron chi connectivity index (χ3n) is 4.90. The summed E-state index contributed by atoms with van der Waals surface area (Å²) in [5.74, 6) is 2.55. The Morgan fingerprint density at radius 1 is 0.971 bits per heavy atom. The highest BCUT2D eigenvalue weighted by molar-refractivity contribution is 14.1. The van der Waals surface area contributed by atoms with Crippen molar-refractivity contribution in [1.82, 2.24) is 5.43 Å². The average molecular weight is 591 g/mol. The molecule has 35 heavy (non-hydrogen) atoms. The zero-order valence-corrected chi connectivity index (χ0v) is 21.8. The summed E-state index contributed by atoms with van der Waals surface area (Å²) in [5, 5.41) is 15.2. The van der Waals surface area contributed by atoms with Crippen LogP contribution in [0.2, 0.25) is 0 Å². The number of hydrazone groups is 1. The first kappa shape index (κ1) is 26.1. The molecular formula is C25H26IN3O6. The van der Waals surface area contributed by atoms with E-state index < -0.39 is 4.92 Å². The Balaban J connectivity index is 1.66. The molecular weight excluding hydrogens is 565 g/mol. The number of nitrogens with zero attached hydrogens (tertiary/aromatic N) is 2. The molecule has 0 spiro atoms. The number of ether oxygens (including phenoxy) is 4. The highest BCUT2D eigenvalue weighted by Crippen LogP contribution is 2.34. The quantitative estimate of drug-likeness (QED) is 0.132. The van der Waals surface area contributed by atoms with Crippen LogP contribution in [-0.2, 0) is 13.2 Å². The zero-order chi connectivity index (χ0) is 25.2. The summed E-state index contributed by atoms with van der Waals surface area (Å²) in [4.78, 5) is 10.4. The summed E-state index contributed by atoms with van der Waals surface area (Å²) in [7, 11) is 3.20. The van der Waals surface area contributed by atoms with Crippen molar-refractivity contribution in [2.75, 3.05) is 20.8 Å². The molecule has 10 heteroatoms. The molecule has 0 fully saturated rings. The van der Waals surface area contributed by atoms with Gasteiger partial charge in [0, 0.05) is 12.1 Å². The third-order valence-corrected chi connectivity index (χ3v) is 5.70. The van der Waals surface area contributed by atoms with E-state index in [-0.39, 0.29) is 12.3 Å². The van der Waals surface area contributed by atoms with E-state index in [9.17, 15) is 10.1 Å². The molecule has 0 saturated heterocycles. The van der Waals surface area contributed by atoms with Gasteiger partial charge in [-0.05, 0) is 82.6 Å². The van der Waals surface area contributed by atoms with Gasteiger partial charge in [0.15, 0.2) is 23.0 Å². The lowest BCUT2D eigenvalue weighted by atomic mass is 10.2. The topological polar surface area (TPSA) is 104 Å². The monoisotopic (exact) mass is 591 g/mol. The molecule has 0 aliphatic rings. The van der Waals surface area contributed by atoms with E-state index in [0.29, 0.717) is 36.1 Å². The van der Waals surface area contributed by atoms with Crippen LogP contribution in [0.5, 0.6) is 23.0 Å². The van der Waals surface area contributed by atoms with Gasteiger partial charge in [-0.25, -0.2) is 0 Å². The number of halogens is 1.